The third-order valence-corrected chi connectivity index (χ3v) is 2.21. The van der Waals surface area contributed by atoms with E-state index < -0.39 is 0 Å². The van der Waals surface area contributed by atoms with Gasteiger partial charge in [-0.25, -0.2) is 4.98 Å². The van der Waals surface area contributed by atoms with E-state index >= 15 is 0 Å². The lowest BCUT2D eigenvalue weighted by molar-refractivity contribution is 0.560. The Morgan fingerprint density at radius 2 is 2.60 bits per heavy atom. The average Bonchev–Trinajstić information content (AvgIpc) is 2.31. The summed E-state index contributed by atoms with van der Waals surface area (Å²) in [6, 6.07) is 0. The van der Waals surface area contributed by atoms with Crippen LogP contribution < -0.4 is 0 Å². The van der Waals surface area contributed by atoms with Crippen LogP contribution in [0.1, 0.15) is 5.01 Å². The molecule has 1 rings (SSSR count). The van der Waals surface area contributed by atoms with Gasteiger partial charge in [0.15, 0.2) is 0 Å². The zero-order valence-electron chi connectivity index (χ0n) is 5.33. The van der Waals surface area contributed by atoms with Crippen molar-refractivity contribution in [2.45, 2.75) is 12.1 Å². The van der Waals surface area contributed by atoms with Gasteiger partial charge in [-0.05, 0) is 18.5 Å². The highest BCUT2D eigenvalue weighted by Crippen LogP contribution is 2.14. The largest absolute Gasteiger partial charge is 0.290 e. The number of aromatic nitrogens is 2. The van der Waals surface area contributed by atoms with E-state index in [-0.39, 0.29) is 0 Å². The molecule has 1 radical (unpaired) electrons. The fourth-order valence-electron chi connectivity index (χ4n) is 0.433. The molecule has 0 amide bonds. The second-order valence-corrected chi connectivity index (χ2v) is 3.43. The molecule has 10 heavy (non-hydrogen) atoms. The Labute approximate surface area is 67.0 Å². The van der Waals surface area contributed by atoms with E-state index in [1.54, 1.807) is 6.29 Å². The molecule has 0 N–H and O–H groups in total. The number of nitrogens with zero attached hydrogens (tertiary/aromatic N) is 2. The van der Waals surface area contributed by atoms with Crippen molar-refractivity contribution in [2.75, 3.05) is 5.75 Å². The van der Waals surface area contributed by atoms with E-state index in [2.05, 4.69) is 9.36 Å². The highest BCUT2D eigenvalue weighted by atomic mass is 32.2. The summed E-state index contributed by atoms with van der Waals surface area (Å²) in [6.07, 6.45) is 1.76. The maximum Gasteiger partial charge on any atom is 0.209 e. The van der Waals surface area contributed by atoms with Crippen LogP contribution in [0.2, 0.25) is 0 Å². The lowest BCUT2D eigenvalue weighted by atomic mass is 10.8. The van der Waals surface area contributed by atoms with Gasteiger partial charge in [-0.2, -0.15) is 4.37 Å². The second kappa shape index (κ2) is 3.68. The molecule has 0 spiro atoms. The number of aryl methyl sites for hydroxylation is 1. The topological polar surface area (TPSA) is 42.9 Å². The highest BCUT2D eigenvalue weighted by Gasteiger charge is 1.98. The van der Waals surface area contributed by atoms with Crippen molar-refractivity contribution in [3.63, 3.8) is 0 Å². The van der Waals surface area contributed by atoms with Crippen LogP contribution in [-0.4, -0.2) is 21.4 Å². The number of hydrogen-bond acceptors (Lipinski definition) is 5. The van der Waals surface area contributed by atoms with Gasteiger partial charge in [0.2, 0.25) is 11.4 Å². The van der Waals surface area contributed by atoms with Crippen molar-refractivity contribution in [2.24, 2.45) is 0 Å². The summed E-state index contributed by atoms with van der Waals surface area (Å²) < 4.78 is 3.97. The predicted octanol–water partition coefficient (Wildman–Crippen LogP) is 1.05. The van der Waals surface area contributed by atoms with Gasteiger partial charge in [0.05, 0.1) is 5.75 Å². The van der Waals surface area contributed by atoms with Crippen molar-refractivity contribution >= 4 is 29.6 Å². The maximum absolute atomic E-state index is 9.79. The fourth-order valence-corrected chi connectivity index (χ4v) is 1.58. The van der Waals surface area contributed by atoms with E-state index in [4.69, 9.17) is 0 Å². The van der Waals surface area contributed by atoms with Gasteiger partial charge in [0, 0.05) is 0 Å². The lowest BCUT2D eigenvalue weighted by Crippen LogP contribution is -1.80. The summed E-state index contributed by atoms with van der Waals surface area (Å²) in [7, 11) is 0. The highest BCUT2D eigenvalue weighted by molar-refractivity contribution is 7.99. The van der Waals surface area contributed by atoms with Crippen molar-refractivity contribution in [3.8, 4) is 0 Å². The van der Waals surface area contributed by atoms with Crippen LogP contribution in [0.5, 0.6) is 0 Å². The molecule has 0 saturated carbocycles. The Hall–Kier alpha value is -0.420. The molecule has 53 valence electrons. The minimum absolute atomic E-state index is 0.316. The smallest absolute Gasteiger partial charge is 0.209 e. The zero-order chi connectivity index (χ0) is 7.40. The van der Waals surface area contributed by atoms with Gasteiger partial charge in [-0.15, -0.1) is 0 Å². The third kappa shape index (κ3) is 2.07. The molecule has 0 bridgehead atoms. The Morgan fingerprint density at radius 1 is 1.80 bits per heavy atom. The first-order valence-corrected chi connectivity index (χ1v) is 4.37. The Bertz CT molecular complexity index is 223. The molecule has 0 aliphatic rings. The summed E-state index contributed by atoms with van der Waals surface area (Å²) in [4.78, 5) is 13.8. The standard InChI is InChI=1S/C5H5N2OS2/c1-4-6-5(7-10-4)9-3-2-8/h3H2,1H3. The normalized spacial score (nSPS) is 9.70. The molecule has 1 aromatic heterocycles. The molecule has 0 aliphatic carbocycles. The maximum atomic E-state index is 9.79. The summed E-state index contributed by atoms with van der Waals surface area (Å²) in [5.41, 5.74) is 0. The van der Waals surface area contributed by atoms with E-state index in [0.29, 0.717) is 10.9 Å². The summed E-state index contributed by atoms with van der Waals surface area (Å²) >= 11 is 2.65. The summed E-state index contributed by atoms with van der Waals surface area (Å²) in [5.74, 6) is 0.316. The van der Waals surface area contributed by atoms with Gasteiger partial charge in [-0.1, -0.05) is 11.8 Å². The van der Waals surface area contributed by atoms with Crippen LogP contribution in [0.4, 0.5) is 0 Å². The monoisotopic (exact) mass is 173 g/mol. The number of carbonyl (C=O) groups excluding carboxylic acids is 1. The fraction of sp³-hybridized carbons (Fsp3) is 0.400. The minimum atomic E-state index is 0.316. The molecule has 1 aromatic rings. The first kappa shape index (κ1) is 7.68. The molecular weight excluding hydrogens is 168 g/mol. The Morgan fingerprint density at radius 3 is 3.10 bits per heavy atom. The number of rotatable bonds is 3. The van der Waals surface area contributed by atoms with E-state index in [9.17, 15) is 4.79 Å². The van der Waals surface area contributed by atoms with E-state index in [0.717, 1.165) is 5.01 Å². The van der Waals surface area contributed by atoms with Gasteiger partial charge in [-0.3, -0.25) is 4.79 Å². The first-order chi connectivity index (χ1) is 4.83. The average molecular weight is 173 g/mol. The Kier molecular flexibility index (Phi) is 2.82. The van der Waals surface area contributed by atoms with Gasteiger partial charge >= 0.3 is 0 Å². The van der Waals surface area contributed by atoms with Gasteiger partial charge in [0.1, 0.15) is 5.01 Å². The van der Waals surface area contributed by atoms with Crippen molar-refractivity contribution in [3.05, 3.63) is 5.01 Å². The second-order valence-electron chi connectivity index (χ2n) is 1.53. The molecular formula is C5H5N2OS2. The van der Waals surface area contributed by atoms with Gasteiger partial charge in [0.25, 0.3) is 0 Å². The molecule has 0 aliphatic heterocycles. The van der Waals surface area contributed by atoms with Crippen molar-refractivity contribution in [1.29, 1.82) is 0 Å². The molecule has 0 atom stereocenters. The first-order valence-electron chi connectivity index (χ1n) is 2.61. The number of thioether (sulfide) groups is 1. The lowest BCUT2D eigenvalue weighted by Gasteiger charge is -1.82. The SMILES string of the molecule is Cc1nc(SC[C]=O)ns1. The van der Waals surface area contributed by atoms with Crippen LogP contribution in [0.15, 0.2) is 5.16 Å². The summed E-state index contributed by atoms with van der Waals surface area (Å²) in [5, 5.41) is 1.60. The quantitative estimate of drug-likeness (QED) is 0.641. The van der Waals surface area contributed by atoms with Crippen LogP contribution in [-0.2, 0) is 4.79 Å². The molecule has 5 heteroatoms. The van der Waals surface area contributed by atoms with Crippen molar-refractivity contribution in [1.82, 2.24) is 9.36 Å². The van der Waals surface area contributed by atoms with Crippen LogP contribution >= 0.6 is 23.3 Å². The predicted molar refractivity (Wildman–Crippen MR) is 41.1 cm³/mol. The van der Waals surface area contributed by atoms with E-state index in [1.807, 2.05) is 6.92 Å². The number of hydrogen-bond donors (Lipinski definition) is 0. The van der Waals surface area contributed by atoms with Crippen LogP contribution in [0, 0.1) is 6.92 Å². The Balaban J connectivity index is 2.49. The molecule has 3 nitrogen and oxygen atoms in total. The van der Waals surface area contributed by atoms with Crippen LogP contribution in [0.3, 0.4) is 0 Å². The summed E-state index contributed by atoms with van der Waals surface area (Å²) in [6.45, 7) is 1.88. The minimum Gasteiger partial charge on any atom is -0.290 e. The molecule has 0 saturated heterocycles. The molecule has 0 unspecified atom stereocenters. The van der Waals surface area contributed by atoms with Crippen LogP contribution in [0.25, 0.3) is 0 Å². The molecule has 0 fully saturated rings. The van der Waals surface area contributed by atoms with Crippen molar-refractivity contribution < 1.29 is 4.79 Å². The third-order valence-electron chi connectivity index (χ3n) is 0.769. The van der Waals surface area contributed by atoms with E-state index in [1.165, 1.54) is 23.3 Å². The zero-order valence-corrected chi connectivity index (χ0v) is 6.96. The van der Waals surface area contributed by atoms with Gasteiger partial charge < -0.3 is 0 Å². The molecule has 1 heterocycles. The molecule has 0 aromatic carbocycles.